The van der Waals surface area contributed by atoms with Gasteiger partial charge in [0, 0.05) is 0 Å². The van der Waals surface area contributed by atoms with Crippen LogP contribution in [-0.2, 0) is 15.3 Å². The van der Waals surface area contributed by atoms with Crippen LogP contribution in [0.2, 0.25) is 0 Å². The molecule has 5 nitrogen and oxygen atoms in total. The molecule has 0 aromatic rings. The van der Waals surface area contributed by atoms with E-state index < -0.39 is 22.5 Å². The predicted octanol–water partition coefficient (Wildman–Crippen LogP) is 0.548. The Labute approximate surface area is 72.1 Å². The van der Waals surface area contributed by atoms with Crippen molar-refractivity contribution < 1.29 is 18.3 Å². The van der Waals surface area contributed by atoms with Gasteiger partial charge in [0.25, 0.3) is 0 Å². The summed E-state index contributed by atoms with van der Waals surface area (Å²) >= 11 is 0. The van der Waals surface area contributed by atoms with Crippen LogP contribution in [-0.4, -0.2) is 25.5 Å². The molecule has 0 aliphatic carbocycles. The molecular formula is C6H11NO4S. The second-order valence-electron chi connectivity index (χ2n) is 2.81. The molecule has 0 aliphatic heterocycles. The van der Waals surface area contributed by atoms with Gasteiger partial charge in [0.05, 0.1) is 0 Å². The summed E-state index contributed by atoms with van der Waals surface area (Å²) in [6, 6.07) is -1.14. The highest BCUT2D eigenvalue weighted by atomic mass is 32.2. The summed E-state index contributed by atoms with van der Waals surface area (Å²) < 4.78 is 23.2. The first-order chi connectivity index (χ1) is 5.43. The Morgan fingerprint density at radius 1 is 1.50 bits per heavy atom. The fourth-order valence-corrected chi connectivity index (χ4v) is 1.12. The zero-order valence-corrected chi connectivity index (χ0v) is 7.71. The van der Waals surface area contributed by atoms with E-state index in [4.69, 9.17) is 5.11 Å². The summed E-state index contributed by atoms with van der Waals surface area (Å²) in [5, 5.41) is 8.50. The van der Waals surface area contributed by atoms with Gasteiger partial charge in [-0.1, -0.05) is 13.8 Å². The van der Waals surface area contributed by atoms with E-state index in [9.17, 15) is 13.2 Å². The third kappa shape index (κ3) is 4.84. The third-order valence-corrected chi connectivity index (χ3v) is 1.62. The van der Waals surface area contributed by atoms with Crippen LogP contribution < -0.4 is 0 Å². The van der Waals surface area contributed by atoms with E-state index in [1.807, 2.05) is 0 Å². The Kier molecular flexibility index (Phi) is 4.50. The highest BCUT2D eigenvalue weighted by Crippen LogP contribution is 2.07. The molecule has 0 radical (unpaired) electrons. The van der Waals surface area contributed by atoms with Crippen LogP contribution >= 0.6 is 0 Å². The van der Waals surface area contributed by atoms with Crippen molar-refractivity contribution in [2.45, 2.75) is 26.3 Å². The van der Waals surface area contributed by atoms with Crippen LogP contribution in [0.4, 0.5) is 0 Å². The number of aliphatic carboxylic acids is 1. The maximum Gasteiger partial charge on any atom is 0.329 e. The standard InChI is InChI=1S/C6H11NO4S/c1-4(2)3-5(6(8)9)7-12(10)11/h4-5H,3H2,1-2H3,(H,8,9)/t5-/m1/s1. The van der Waals surface area contributed by atoms with Gasteiger partial charge in [-0.2, -0.15) is 12.8 Å². The molecule has 1 N–H and O–H groups in total. The minimum Gasteiger partial charge on any atom is -0.480 e. The van der Waals surface area contributed by atoms with Crippen molar-refractivity contribution in [1.82, 2.24) is 0 Å². The maximum absolute atomic E-state index is 10.4. The van der Waals surface area contributed by atoms with Gasteiger partial charge >= 0.3 is 16.5 Å². The molecule has 0 unspecified atom stereocenters. The van der Waals surface area contributed by atoms with Gasteiger partial charge in [0.2, 0.25) is 0 Å². The van der Waals surface area contributed by atoms with Crippen molar-refractivity contribution in [2.24, 2.45) is 10.3 Å². The lowest BCUT2D eigenvalue weighted by atomic mass is 10.1. The van der Waals surface area contributed by atoms with Crippen LogP contribution in [0.5, 0.6) is 0 Å². The summed E-state index contributed by atoms with van der Waals surface area (Å²) in [6.07, 6.45) is 0.239. The van der Waals surface area contributed by atoms with E-state index in [2.05, 4.69) is 4.36 Å². The van der Waals surface area contributed by atoms with Crippen molar-refractivity contribution in [3.05, 3.63) is 0 Å². The van der Waals surface area contributed by atoms with E-state index in [1.165, 1.54) is 0 Å². The quantitative estimate of drug-likeness (QED) is 0.706. The maximum atomic E-state index is 10.4. The van der Waals surface area contributed by atoms with Crippen molar-refractivity contribution in [2.75, 3.05) is 0 Å². The molecule has 0 spiro atoms. The molecule has 12 heavy (non-hydrogen) atoms. The molecule has 0 saturated heterocycles. The fourth-order valence-electron chi connectivity index (χ4n) is 0.739. The largest absolute Gasteiger partial charge is 0.480 e. The second kappa shape index (κ2) is 4.87. The summed E-state index contributed by atoms with van der Waals surface area (Å²) in [6.45, 7) is 3.61. The summed E-state index contributed by atoms with van der Waals surface area (Å²) in [5.74, 6) is -1.09. The molecule has 0 fully saturated rings. The van der Waals surface area contributed by atoms with Gasteiger partial charge in [-0.05, 0) is 12.3 Å². The lowest BCUT2D eigenvalue weighted by Gasteiger charge is -2.06. The van der Waals surface area contributed by atoms with Gasteiger partial charge in [0.15, 0.2) is 6.04 Å². The second-order valence-corrected chi connectivity index (χ2v) is 3.45. The van der Waals surface area contributed by atoms with Crippen LogP contribution in [0.1, 0.15) is 20.3 Å². The lowest BCUT2D eigenvalue weighted by molar-refractivity contribution is -0.138. The average Bonchev–Trinajstić information content (AvgIpc) is 1.83. The van der Waals surface area contributed by atoms with Gasteiger partial charge in [-0.25, -0.2) is 4.79 Å². The summed E-state index contributed by atoms with van der Waals surface area (Å²) in [7, 11) is -2.64. The van der Waals surface area contributed by atoms with Gasteiger partial charge in [0.1, 0.15) is 0 Å². The number of hydrogen-bond donors (Lipinski definition) is 1. The highest BCUT2D eigenvalue weighted by molar-refractivity contribution is 7.61. The summed E-state index contributed by atoms with van der Waals surface area (Å²) in [5.41, 5.74) is 0. The Hall–Kier alpha value is -0.910. The van der Waals surface area contributed by atoms with Crippen molar-refractivity contribution in [1.29, 1.82) is 0 Å². The van der Waals surface area contributed by atoms with E-state index in [1.54, 1.807) is 13.8 Å². The van der Waals surface area contributed by atoms with E-state index >= 15 is 0 Å². The van der Waals surface area contributed by atoms with Gasteiger partial charge < -0.3 is 5.11 Å². The molecule has 0 heterocycles. The van der Waals surface area contributed by atoms with Gasteiger partial charge in [-0.15, -0.1) is 0 Å². The molecule has 0 bridgehead atoms. The molecule has 70 valence electrons. The van der Waals surface area contributed by atoms with Crippen molar-refractivity contribution in [3.8, 4) is 0 Å². The molecule has 0 aromatic carbocycles. The first-order valence-corrected chi connectivity index (χ1v) is 4.49. The first-order valence-electron chi connectivity index (χ1n) is 3.46. The third-order valence-electron chi connectivity index (χ3n) is 1.19. The topological polar surface area (TPSA) is 83.8 Å². The zero-order chi connectivity index (χ0) is 9.72. The summed E-state index contributed by atoms with van der Waals surface area (Å²) in [4.78, 5) is 10.4. The van der Waals surface area contributed by atoms with Crippen LogP contribution in [0.15, 0.2) is 4.36 Å². The monoisotopic (exact) mass is 193 g/mol. The van der Waals surface area contributed by atoms with E-state index in [-0.39, 0.29) is 12.3 Å². The predicted molar refractivity (Wildman–Crippen MR) is 42.2 cm³/mol. The minimum atomic E-state index is -2.64. The number of hydrogen-bond acceptors (Lipinski definition) is 4. The smallest absolute Gasteiger partial charge is 0.329 e. The Morgan fingerprint density at radius 2 is 2.00 bits per heavy atom. The molecule has 0 saturated carbocycles. The molecule has 0 aromatic heterocycles. The molecular weight excluding hydrogens is 182 g/mol. The fraction of sp³-hybridized carbons (Fsp3) is 0.833. The van der Waals surface area contributed by atoms with Crippen LogP contribution in [0.25, 0.3) is 0 Å². The Bertz CT molecular complexity index is 272. The number of carbonyl (C=O) groups is 1. The number of rotatable bonds is 4. The molecule has 0 rings (SSSR count). The molecule has 1 atom stereocenters. The Morgan fingerprint density at radius 3 is 2.25 bits per heavy atom. The highest BCUT2D eigenvalue weighted by Gasteiger charge is 2.17. The van der Waals surface area contributed by atoms with E-state index in [0.717, 1.165) is 0 Å². The van der Waals surface area contributed by atoms with Crippen molar-refractivity contribution >= 4 is 16.5 Å². The molecule has 0 amide bonds. The molecule has 0 aliphatic rings. The Balaban J connectivity index is 4.46. The number of nitrogens with zero attached hydrogens (tertiary/aromatic N) is 1. The van der Waals surface area contributed by atoms with Gasteiger partial charge in [-0.3, -0.25) is 0 Å². The van der Waals surface area contributed by atoms with Crippen LogP contribution in [0.3, 0.4) is 0 Å². The lowest BCUT2D eigenvalue weighted by Crippen LogP contribution is -2.19. The number of carboxylic acids is 1. The van der Waals surface area contributed by atoms with E-state index in [0.29, 0.717) is 0 Å². The first kappa shape index (κ1) is 11.1. The number of carboxylic acid groups (broad SMARTS) is 1. The minimum absolute atomic E-state index is 0.110. The molecule has 6 heteroatoms. The average molecular weight is 193 g/mol. The van der Waals surface area contributed by atoms with Crippen molar-refractivity contribution in [3.63, 3.8) is 0 Å². The normalized spacial score (nSPS) is 12.6. The zero-order valence-electron chi connectivity index (χ0n) is 6.89. The SMILES string of the molecule is CC(C)C[C@@H](N=S(=O)=O)C(=O)O. The van der Waals surface area contributed by atoms with Crippen LogP contribution in [0, 0.1) is 5.92 Å².